The smallest absolute Gasteiger partial charge is 0.226 e. The number of hydrogen-bond acceptors (Lipinski definition) is 5. The van der Waals surface area contributed by atoms with Crippen LogP contribution in [0.3, 0.4) is 0 Å². The number of benzene rings is 2. The molecule has 1 N–H and O–H groups in total. The normalized spacial score (nSPS) is 16.1. The van der Waals surface area contributed by atoms with Gasteiger partial charge >= 0.3 is 0 Å². The molecule has 1 aliphatic heterocycles. The van der Waals surface area contributed by atoms with E-state index in [0.717, 1.165) is 37.9 Å². The van der Waals surface area contributed by atoms with Crippen molar-refractivity contribution in [2.24, 2.45) is 0 Å². The molecule has 0 aliphatic carbocycles. The average molecular weight is 390 g/mol. The third kappa shape index (κ3) is 2.66. The van der Waals surface area contributed by atoms with Gasteiger partial charge in [-0.25, -0.2) is 4.98 Å². The molecular formula is C21H18N4O2S. The van der Waals surface area contributed by atoms with E-state index in [1.165, 1.54) is 0 Å². The number of fused-ring (bicyclic) bond motifs is 2. The predicted molar refractivity (Wildman–Crippen MR) is 110 cm³/mol. The van der Waals surface area contributed by atoms with E-state index in [0.29, 0.717) is 12.2 Å². The Morgan fingerprint density at radius 3 is 2.89 bits per heavy atom. The van der Waals surface area contributed by atoms with Crippen LogP contribution in [0.1, 0.15) is 29.2 Å². The highest BCUT2D eigenvalue weighted by Gasteiger charge is 2.33. The monoisotopic (exact) mass is 390 g/mol. The minimum absolute atomic E-state index is 0.0254. The molecule has 0 fully saturated rings. The van der Waals surface area contributed by atoms with Gasteiger partial charge < -0.3 is 10.1 Å². The van der Waals surface area contributed by atoms with Crippen molar-refractivity contribution in [2.75, 3.05) is 12.4 Å². The van der Waals surface area contributed by atoms with Gasteiger partial charge in [-0.3, -0.25) is 4.79 Å². The highest BCUT2D eigenvalue weighted by Crippen LogP contribution is 2.41. The van der Waals surface area contributed by atoms with Gasteiger partial charge in [-0.05, 0) is 36.8 Å². The van der Waals surface area contributed by atoms with E-state index in [2.05, 4.69) is 5.32 Å². The number of anilines is 1. The number of hydrogen-bond donors (Lipinski definition) is 1. The van der Waals surface area contributed by atoms with Crippen LogP contribution in [0.2, 0.25) is 0 Å². The molecule has 0 spiro atoms. The van der Waals surface area contributed by atoms with Gasteiger partial charge in [-0.15, -0.1) is 0 Å². The Labute approximate surface area is 165 Å². The van der Waals surface area contributed by atoms with Gasteiger partial charge in [-0.1, -0.05) is 35.6 Å². The number of aromatic nitrogens is 3. The lowest BCUT2D eigenvalue weighted by molar-refractivity contribution is -0.116. The first-order chi connectivity index (χ1) is 13.6. The fourth-order valence-corrected chi connectivity index (χ4v) is 4.70. The maximum absolute atomic E-state index is 12.5. The van der Waals surface area contributed by atoms with Gasteiger partial charge in [0.15, 0.2) is 0 Å². The van der Waals surface area contributed by atoms with Crippen LogP contribution >= 0.6 is 11.3 Å². The first-order valence-corrected chi connectivity index (χ1v) is 9.85. The first-order valence-electron chi connectivity index (χ1n) is 9.03. The first kappa shape index (κ1) is 16.9. The van der Waals surface area contributed by atoms with Gasteiger partial charge in [0.05, 0.1) is 23.0 Å². The van der Waals surface area contributed by atoms with Crippen molar-refractivity contribution in [3.8, 4) is 10.9 Å². The van der Waals surface area contributed by atoms with Crippen molar-refractivity contribution in [3.05, 3.63) is 65.4 Å². The molecule has 4 aromatic rings. The van der Waals surface area contributed by atoms with Crippen molar-refractivity contribution < 1.29 is 9.53 Å². The van der Waals surface area contributed by atoms with Crippen LogP contribution in [0.15, 0.2) is 48.5 Å². The molecule has 7 heteroatoms. The maximum Gasteiger partial charge on any atom is 0.226 e. The Morgan fingerprint density at radius 2 is 2.07 bits per heavy atom. The number of nitrogens with one attached hydrogen (secondary N) is 1. The largest absolute Gasteiger partial charge is 0.497 e. The number of thiazole rings is 1. The number of nitrogens with zero attached hydrogens (tertiary/aromatic N) is 3. The molecule has 1 unspecified atom stereocenters. The molecular weight excluding hydrogens is 372 g/mol. The third-order valence-corrected chi connectivity index (χ3v) is 6.07. The maximum atomic E-state index is 12.5. The standard InChI is InChI=1S/C21H18N4O2S/c1-12-19-15(13-6-5-7-14(10-13)27-2)11-18(26)23-20(19)25(24-12)21-22-16-8-3-4-9-17(16)28-21/h3-10,15H,11H2,1-2H3,(H,23,26). The van der Waals surface area contributed by atoms with E-state index in [9.17, 15) is 4.79 Å². The van der Waals surface area contributed by atoms with Gasteiger partial charge in [0.2, 0.25) is 11.0 Å². The molecule has 3 heterocycles. The van der Waals surface area contributed by atoms with E-state index in [1.54, 1.807) is 23.1 Å². The third-order valence-electron chi connectivity index (χ3n) is 5.06. The van der Waals surface area contributed by atoms with Crippen molar-refractivity contribution >= 4 is 33.3 Å². The fraction of sp³-hybridized carbons (Fsp3) is 0.190. The Kier molecular flexibility index (Phi) is 3.91. The predicted octanol–water partition coefficient (Wildman–Crippen LogP) is 4.27. The highest BCUT2D eigenvalue weighted by atomic mass is 32.1. The van der Waals surface area contributed by atoms with E-state index < -0.39 is 0 Å². The summed E-state index contributed by atoms with van der Waals surface area (Å²) >= 11 is 1.56. The zero-order valence-corrected chi connectivity index (χ0v) is 16.3. The number of ether oxygens (including phenoxy) is 1. The Morgan fingerprint density at radius 1 is 1.21 bits per heavy atom. The summed E-state index contributed by atoms with van der Waals surface area (Å²) in [7, 11) is 1.65. The van der Waals surface area contributed by atoms with Crippen molar-refractivity contribution in [1.82, 2.24) is 14.8 Å². The van der Waals surface area contributed by atoms with E-state index in [-0.39, 0.29) is 11.8 Å². The van der Waals surface area contributed by atoms with Gasteiger partial charge in [0.25, 0.3) is 0 Å². The Balaban J connectivity index is 1.67. The summed E-state index contributed by atoms with van der Waals surface area (Å²) in [6.07, 6.45) is 0.381. The lowest BCUT2D eigenvalue weighted by Gasteiger charge is -2.24. The van der Waals surface area contributed by atoms with Crippen molar-refractivity contribution in [1.29, 1.82) is 0 Å². The number of carbonyl (C=O) groups excluding carboxylic acids is 1. The average Bonchev–Trinajstić information content (AvgIpc) is 3.28. The molecule has 140 valence electrons. The summed E-state index contributed by atoms with van der Waals surface area (Å²) in [6, 6.07) is 15.9. The van der Waals surface area contributed by atoms with Gasteiger partial charge in [0, 0.05) is 17.9 Å². The van der Waals surface area contributed by atoms with Crippen LogP contribution in [0.4, 0.5) is 5.82 Å². The van der Waals surface area contributed by atoms with Crippen LogP contribution in [0, 0.1) is 6.92 Å². The van der Waals surface area contributed by atoms with E-state index in [1.807, 2.05) is 55.5 Å². The molecule has 0 radical (unpaired) electrons. The molecule has 0 saturated heterocycles. The minimum Gasteiger partial charge on any atom is -0.497 e. The zero-order chi connectivity index (χ0) is 19.3. The van der Waals surface area contributed by atoms with E-state index in [4.69, 9.17) is 14.8 Å². The zero-order valence-electron chi connectivity index (χ0n) is 15.5. The molecule has 1 amide bonds. The SMILES string of the molecule is COc1cccc(C2CC(=O)Nc3c2c(C)nn3-c2nc3ccccc3s2)c1. The molecule has 2 aromatic heterocycles. The van der Waals surface area contributed by atoms with Crippen LogP contribution < -0.4 is 10.1 Å². The lowest BCUT2D eigenvalue weighted by Crippen LogP contribution is -2.24. The van der Waals surface area contributed by atoms with Crippen molar-refractivity contribution in [2.45, 2.75) is 19.3 Å². The molecule has 0 bridgehead atoms. The summed E-state index contributed by atoms with van der Waals surface area (Å²) in [4.78, 5) is 17.2. The van der Waals surface area contributed by atoms with Crippen LogP contribution in [0.5, 0.6) is 5.75 Å². The minimum atomic E-state index is -0.0676. The summed E-state index contributed by atoms with van der Waals surface area (Å²) in [5, 5.41) is 8.49. The summed E-state index contributed by atoms with van der Waals surface area (Å²) in [5.41, 5.74) is 3.90. The molecule has 0 saturated carbocycles. The van der Waals surface area contributed by atoms with Gasteiger partial charge in [0.1, 0.15) is 11.6 Å². The molecule has 2 aromatic carbocycles. The van der Waals surface area contributed by atoms with Crippen LogP contribution in [-0.4, -0.2) is 27.8 Å². The molecule has 1 atom stereocenters. The topological polar surface area (TPSA) is 69.0 Å². The summed E-state index contributed by atoms with van der Waals surface area (Å²) < 4.78 is 8.22. The van der Waals surface area contributed by atoms with Gasteiger partial charge in [-0.2, -0.15) is 9.78 Å². The molecule has 28 heavy (non-hydrogen) atoms. The molecule has 1 aliphatic rings. The van der Waals surface area contributed by atoms with Crippen LogP contribution in [0.25, 0.3) is 15.3 Å². The fourth-order valence-electron chi connectivity index (χ4n) is 3.78. The summed E-state index contributed by atoms with van der Waals surface area (Å²) in [5.74, 6) is 1.39. The summed E-state index contributed by atoms with van der Waals surface area (Å²) in [6.45, 7) is 1.98. The Bertz CT molecular complexity index is 1180. The lowest BCUT2D eigenvalue weighted by atomic mass is 9.86. The van der Waals surface area contributed by atoms with Crippen LogP contribution in [-0.2, 0) is 4.79 Å². The number of amides is 1. The quantitative estimate of drug-likeness (QED) is 0.567. The second-order valence-electron chi connectivity index (χ2n) is 6.81. The second kappa shape index (κ2) is 6.45. The number of methoxy groups -OCH3 is 1. The van der Waals surface area contributed by atoms with E-state index >= 15 is 0 Å². The molecule has 5 rings (SSSR count). The van der Waals surface area contributed by atoms with Crippen molar-refractivity contribution in [3.63, 3.8) is 0 Å². The number of carbonyl (C=O) groups is 1. The Hall–Kier alpha value is -3.19. The molecule has 6 nitrogen and oxygen atoms in total. The number of para-hydroxylation sites is 1. The number of aryl methyl sites for hydroxylation is 1. The highest BCUT2D eigenvalue weighted by molar-refractivity contribution is 7.20. The second-order valence-corrected chi connectivity index (χ2v) is 7.81. The number of rotatable bonds is 3.